The molecule has 0 radical (unpaired) electrons. The Bertz CT molecular complexity index is 803. The summed E-state index contributed by atoms with van der Waals surface area (Å²) in [6.07, 6.45) is 1.60. The summed E-state index contributed by atoms with van der Waals surface area (Å²) in [5, 5.41) is 15.7. The second kappa shape index (κ2) is 7.11. The van der Waals surface area contributed by atoms with Crippen LogP contribution in [-0.4, -0.2) is 34.3 Å². The maximum absolute atomic E-state index is 12.2. The largest absolute Gasteiger partial charge is 0.325 e. The van der Waals surface area contributed by atoms with Gasteiger partial charge in [-0.1, -0.05) is 17.8 Å². The van der Waals surface area contributed by atoms with E-state index in [9.17, 15) is 13.2 Å². The number of benzene rings is 1. The first kappa shape index (κ1) is 17.4. The average Bonchev–Trinajstić information content (AvgIpc) is 2.93. The number of carbonyl (C=O) groups is 1. The maximum atomic E-state index is 12.2. The summed E-state index contributed by atoms with van der Waals surface area (Å²) in [7, 11) is -3.81. The van der Waals surface area contributed by atoms with Gasteiger partial charge in [0.1, 0.15) is 6.33 Å². The van der Waals surface area contributed by atoms with Gasteiger partial charge >= 0.3 is 0 Å². The Kier molecular flexibility index (Phi) is 5.39. The zero-order chi connectivity index (χ0) is 17.0. The number of aromatic nitrogens is 3. The summed E-state index contributed by atoms with van der Waals surface area (Å²) >= 11 is 1.27. The number of thioether (sulfide) groups is 1. The number of rotatable bonds is 6. The summed E-state index contributed by atoms with van der Waals surface area (Å²) in [5.41, 5.74) is 0.367. The highest BCUT2D eigenvalue weighted by atomic mass is 32.2. The Morgan fingerprint density at radius 1 is 1.48 bits per heavy atom. The molecule has 0 aliphatic carbocycles. The molecule has 1 unspecified atom stereocenters. The molecule has 0 saturated carbocycles. The van der Waals surface area contributed by atoms with Gasteiger partial charge in [-0.3, -0.25) is 4.79 Å². The quantitative estimate of drug-likeness (QED) is 0.748. The van der Waals surface area contributed by atoms with Gasteiger partial charge in [0, 0.05) is 12.2 Å². The summed E-state index contributed by atoms with van der Waals surface area (Å²) in [4.78, 5) is 12.2. The van der Waals surface area contributed by atoms with Crippen molar-refractivity contribution in [3.8, 4) is 0 Å². The van der Waals surface area contributed by atoms with Crippen LogP contribution in [0, 0.1) is 0 Å². The van der Waals surface area contributed by atoms with Gasteiger partial charge in [-0.05, 0) is 32.0 Å². The van der Waals surface area contributed by atoms with Crippen LogP contribution < -0.4 is 10.5 Å². The fourth-order valence-corrected chi connectivity index (χ4v) is 3.21. The van der Waals surface area contributed by atoms with Crippen LogP contribution in [0.5, 0.6) is 0 Å². The summed E-state index contributed by atoms with van der Waals surface area (Å²) < 4.78 is 24.5. The van der Waals surface area contributed by atoms with E-state index < -0.39 is 15.3 Å². The Morgan fingerprint density at radius 3 is 2.87 bits per heavy atom. The number of sulfonamides is 1. The van der Waals surface area contributed by atoms with Crippen LogP contribution in [-0.2, 0) is 21.4 Å². The molecule has 23 heavy (non-hydrogen) atoms. The van der Waals surface area contributed by atoms with Crippen LogP contribution in [0.2, 0.25) is 0 Å². The van der Waals surface area contributed by atoms with Crippen LogP contribution in [0.25, 0.3) is 0 Å². The lowest BCUT2D eigenvalue weighted by molar-refractivity contribution is -0.115. The van der Waals surface area contributed by atoms with Gasteiger partial charge in [0.05, 0.1) is 10.1 Å². The van der Waals surface area contributed by atoms with E-state index in [1.165, 1.54) is 30.0 Å². The number of aryl methyl sites for hydroxylation is 1. The van der Waals surface area contributed by atoms with Crippen molar-refractivity contribution < 1.29 is 13.2 Å². The number of primary sulfonamides is 1. The molecular formula is C13H17N5O3S2. The van der Waals surface area contributed by atoms with Gasteiger partial charge in [-0.2, -0.15) is 0 Å². The van der Waals surface area contributed by atoms with Gasteiger partial charge in [0.15, 0.2) is 5.16 Å². The van der Waals surface area contributed by atoms with E-state index in [-0.39, 0.29) is 10.8 Å². The molecule has 10 heteroatoms. The minimum atomic E-state index is -3.81. The van der Waals surface area contributed by atoms with Crippen LogP contribution in [0.3, 0.4) is 0 Å². The van der Waals surface area contributed by atoms with E-state index in [2.05, 4.69) is 15.5 Å². The van der Waals surface area contributed by atoms with Crippen molar-refractivity contribution in [3.63, 3.8) is 0 Å². The molecule has 0 spiro atoms. The molecule has 124 valence electrons. The van der Waals surface area contributed by atoms with Crippen LogP contribution in [0.1, 0.15) is 13.8 Å². The number of nitrogens with two attached hydrogens (primary N) is 1. The zero-order valence-corrected chi connectivity index (χ0v) is 14.3. The van der Waals surface area contributed by atoms with Crippen molar-refractivity contribution >= 4 is 33.4 Å². The lowest BCUT2D eigenvalue weighted by Gasteiger charge is -2.12. The molecular weight excluding hydrogens is 338 g/mol. The Labute approximate surface area is 138 Å². The average molecular weight is 355 g/mol. The van der Waals surface area contributed by atoms with Gasteiger partial charge in [-0.25, -0.2) is 13.6 Å². The lowest BCUT2D eigenvalue weighted by Crippen LogP contribution is -2.23. The third-order valence-corrected chi connectivity index (χ3v) is 5.01. The van der Waals surface area contributed by atoms with Crippen molar-refractivity contribution in [1.29, 1.82) is 0 Å². The van der Waals surface area contributed by atoms with Crippen molar-refractivity contribution in [3.05, 3.63) is 30.6 Å². The van der Waals surface area contributed by atoms with Crippen LogP contribution in [0.15, 0.2) is 40.6 Å². The molecule has 3 N–H and O–H groups in total. The monoisotopic (exact) mass is 355 g/mol. The van der Waals surface area contributed by atoms with Crippen molar-refractivity contribution in [2.75, 3.05) is 5.32 Å². The van der Waals surface area contributed by atoms with E-state index in [1.807, 2.05) is 11.5 Å². The lowest BCUT2D eigenvalue weighted by atomic mass is 10.3. The van der Waals surface area contributed by atoms with Crippen molar-refractivity contribution in [2.45, 2.75) is 35.7 Å². The van der Waals surface area contributed by atoms with E-state index >= 15 is 0 Å². The standard InChI is InChI=1S/C13H17N5O3S2/c1-3-18-8-15-17-13(18)22-9(2)12(19)16-10-5-4-6-11(7-10)23(14,20)21/h4-9H,3H2,1-2H3,(H,16,19)(H2,14,20,21). The number of hydrogen-bond donors (Lipinski definition) is 2. The van der Waals surface area contributed by atoms with Gasteiger partial charge in [-0.15, -0.1) is 10.2 Å². The molecule has 0 fully saturated rings. The molecule has 0 aliphatic rings. The van der Waals surface area contributed by atoms with Gasteiger partial charge in [0.25, 0.3) is 0 Å². The van der Waals surface area contributed by atoms with Gasteiger partial charge in [0.2, 0.25) is 15.9 Å². The third-order valence-electron chi connectivity index (χ3n) is 3.00. The Balaban J connectivity index is 2.07. The fraction of sp³-hybridized carbons (Fsp3) is 0.308. The highest BCUT2D eigenvalue weighted by Gasteiger charge is 2.18. The van der Waals surface area contributed by atoms with E-state index in [1.54, 1.807) is 19.3 Å². The Morgan fingerprint density at radius 2 is 2.22 bits per heavy atom. The summed E-state index contributed by atoms with van der Waals surface area (Å²) in [6.45, 7) is 4.40. The van der Waals surface area contributed by atoms with Crippen LogP contribution >= 0.6 is 11.8 Å². The van der Waals surface area contributed by atoms with E-state index in [0.29, 0.717) is 17.4 Å². The molecule has 0 saturated heterocycles. The van der Waals surface area contributed by atoms with E-state index in [4.69, 9.17) is 5.14 Å². The second-order valence-electron chi connectivity index (χ2n) is 4.72. The van der Waals surface area contributed by atoms with Crippen molar-refractivity contribution in [1.82, 2.24) is 14.8 Å². The topological polar surface area (TPSA) is 120 Å². The number of nitrogens with zero attached hydrogens (tertiary/aromatic N) is 3. The Hall–Kier alpha value is -1.91. The molecule has 0 bridgehead atoms. The molecule has 8 nitrogen and oxygen atoms in total. The zero-order valence-electron chi connectivity index (χ0n) is 12.6. The predicted octanol–water partition coefficient (Wildman–Crippen LogP) is 1.06. The second-order valence-corrected chi connectivity index (χ2v) is 7.59. The van der Waals surface area contributed by atoms with Gasteiger partial charge < -0.3 is 9.88 Å². The molecule has 1 atom stereocenters. The number of carbonyl (C=O) groups excluding carboxylic acids is 1. The first-order valence-electron chi connectivity index (χ1n) is 6.79. The number of hydrogen-bond acceptors (Lipinski definition) is 6. The maximum Gasteiger partial charge on any atom is 0.238 e. The van der Waals surface area contributed by atoms with E-state index in [0.717, 1.165) is 0 Å². The highest BCUT2D eigenvalue weighted by Crippen LogP contribution is 2.22. The third kappa shape index (κ3) is 4.53. The molecule has 1 aromatic carbocycles. The predicted molar refractivity (Wildman–Crippen MR) is 87.5 cm³/mol. The van der Waals surface area contributed by atoms with Crippen molar-refractivity contribution in [2.24, 2.45) is 5.14 Å². The first-order valence-corrected chi connectivity index (χ1v) is 9.22. The fourth-order valence-electron chi connectivity index (χ4n) is 1.76. The first-order chi connectivity index (χ1) is 10.8. The molecule has 2 rings (SSSR count). The van der Waals surface area contributed by atoms with Crippen LogP contribution in [0.4, 0.5) is 5.69 Å². The number of anilines is 1. The minimum absolute atomic E-state index is 0.0543. The molecule has 1 amide bonds. The summed E-state index contributed by atoms with van der Waals surface area (Å²) in [6, 6.07) is 5.80. The highest BCUT2D eigenvalue weighted by molar-refractivity contribution is 8.00. The smallest absolute Gasteiger partial charge is 0.238 e. The molecule has 1 heterocycles. The SMILES string of the molecule is CCn1cnnc1SC(C)C(=O)Nc1cccc(S(N)(=O)=O)c1. The number of amides is 1. The molecule has 1 aromatic heterocycles. The minimum Gasteiger partial charge on any atom is -0.325 e. The molecule has 0 aliphatic heterocycles. The number of nitrogens with one attached hydrogen (secondary N) is 1. The summed E-state index contributed by atoms with van der Waals surface area (Å²) in [5.74, 6) is -0.271. The molecule has 2 aromatic rings. The normalized spacial score (nSPS) is 12.8.